The van der Waals surface area contributed by atoms with Gasteiger partial charge in [0.2, 0.25) is 0 Å². The van der Waals surface area contributed by atoms with E-state index in [1.54, 1.807) is 48.4 Å². The lowest BCUT2D eigenvalue weighted by Gasteiger charge is -2.27. The molecule has 3 aromatic rings. The van der Waals surface area contributed by atoms with Gasteiger partial charge in [-0.15, -0.1) is 0 Å². The lowest BCUT2D eigenvalue weighted by atomic mass is 9.93. The summed E-state index contributed by atoms with van der Waals surface area (Å²) in [5.41, 5.74) is 3.07. The molecule has 1 N–H and O–H groups in total. The first kappa shape index (κ1) is 20.3. The highest BCUT2D eigenvalue weighted by Gasteiger charge is 2.40. The summed E-state index contributed by atoms with van der Waals surface area (Å²) in [6.45, 7) is 0.331. The van der Waals surface area contributed by atoms with Crippen LogP contribution in [0.5, 0.6) is 5.75 Å². The molecule has 1 aliphatic rings. The number of halogens is 2. The topological polar surface area (TPSA) is 49.8 Å². The third-order valence-electron chi connectivity index (χ3n) is 5.16. The predicted octanol–water partition coefficient (Wildman–Crippen LogP) is 6.05. The Morgan fingerprint density at radius 1 is 0.900 bits per heavy atom. The van der Waals surface area contributed by atoms with Gasteiger partial charge in [-0.05, 0) is 53.1 Å². The molecule has 3 aromatic carbocycles. The Morgan fingerprint density at radius 3 is 2.03 bits per heavy atom. The summed E-state index contributed by atoms with van der Waals surface area (Å²) in [6.07, 6.45) is 0. The molecule has 0 unspecified atom stereocenters. The van der Waals surface area contributed by atoms with E-state index in [2.05, 4.69) is 0 Å². The van der Waals surface area contributed by atoms with Crippen molar-refractivity contribution < 1.29 is 14.6 Å². The Labute approximate surface area is 184 Å². The van der Waals surface area contributed by atoms with Crippen molar-refractivity contribution in [1.29, 1.82) is 0 Å². The number of aliphatic hydroxyl groups is 1. The van der Waals surface area contributed by atoms with Crippen LogP contribution in [0, 0.1) is 0 Å². The van der Waals surface area contributed by atoms with Crippen LogP contribution in [-0.4, -0.2) is 23.0 Å². The van der Waals surface area contributed by atoms with Crippen LogP contribution in [0.4, 0.5) is 0 Å². The number of methoxy groups -OCH3 is 1. The Kier molecular flexibility index (Phi) is 5.71. The Bertz CT molecular complexity index is 1090. The molecule has 1 amide bonds. The van der Waals surface area contributed by atoms with Gasteiger partial charge in [-0.3, -0.25) is 4.79 Å². The number of benzene rings is 3. The molecule has 0 bridgehead atoms. The minimum absolute atomic E-state index is 0.259. The molecule has 4 nitrogen and oxygen atoms in total. The number of ether oxygens (including phenoxy) is 1. The molecule has 0 aliphatic carbocycles. The zero-order valence-electron chi connectivity index (χ0n) is 16.2. The molecule has 6 heteroatoms. The van der Waals surface area contributed by atoms with E-state index in [-0.39, 0.29) is 5.76 Å². The van der Waals surface area contributed by atoms with Crippen LogP contribution in [0.1, 0.15) is 22.7 Å². The van der Waals surface area contributed by atoms with Crippen molar-refractivity contribution in [3.05, 3.63) is 105 Å². The van der Waals surface area contributed by atoms with E-state index < -0.39 is 11.9 Å². The molecular formula is C24H19Cl2NO3. The fourth-order valence-electron chi connectivity index (χ4n) is 3.66. The molecular weight excluding hydrogens is 421 g/mol. The van der Waals surface area contributed by atoms with Crippen molar-refractivity contribution in [3.8, 4) is 5.75 Å². The Morgan fingerprint density at radius 2 is 1.47 bits per heavy atom. The SMILES string of the molecule is COc1ccc(CN2C(=O)C(O)=C(c3ccc(Cl)cc3)[C@@H]2c2ccc(Cl)cc2)cc1. The number of aliphatic hydroxyl groups excluding tert-OH is 1. The molecule has 0 fully saturated rings. The van der Waals surface area contributed by atoms with E-state index >= 15 is 0 Å². The molecule has 0 aromatic heterocycles. The number of hydrogen-bond acceptors (Lipinski definition) is 3. The van der Waals surface area contributed by atoms with Gasteiger partial charge in [0.05, 0.1) is 13.2 Å². The van der Waals surface area contributed by atoms with Crippen molar-refractivity contribution in [2.75, 3.05) is 7.11 Å². The van der Waals surface area contributed by atoms with E-state index in [0.717, 1.165) is 22.4 Å². The lowest BCUT2D eigenvalue weighted by molar-refractivity contribution is -0.130. The molecule has 1 aliphatic heterocycles. The third kappa shape index (κ3) is 3.89. The molecule has 0 saturated carbocycles. The molecule has 0 saturated heterocycles. The van der Waals surface area contributed by atoms with Crippen LogP contribution in [0.3, 0.4) is 0 Å². The van der Waals surface area contributed by atoms with Crippen molar-refractivity contribution in [1.82, 2.24) is 4.90 Å². The van der Waals surface area contributed by atoms with Gasteiger partial charge in [0.15, 0.2) is 5.76 Å². The molecule has 1 atom stereocenters. The fourth-order valence-corrected chi connectivity index (χ4v) is 3.91. The monoisotopic (exact) mass is 439 g/mol. The standard InChI is InChI=1S/C24H19Cl2NO3/c1-30-20-12-2-15(3-13-20)14-27-22(17-6-10-19(26)11-7-17)21(23(28)24(27)29)16-4-8-18(25)9-5-16/h2-13,22,28H,14H2,1H3/t22-/m0/s1. The summed E-state index contributed by atoms with van der Waals surface area (Å²) < 4.78 is 5.21. The van der Waals surface area contributed by atoms with Crippen LogP contribution in [0.25, 0.3) is 5.57 Å². The van der Waals surface area contributed by atoms with Crippen molar-refractivity contribution in [2.24, 2.45) is 0 Å². The van der Waals surface area contributed by atoms with Crippen LogP contribution in [0.15, 0.2) is 78.6 Å². The zero-order chi connectivity index (χ0) is 21.3. The van der Waals surface area contributed by atoms with Gasteiger partial charge in [-0.2, -0.15) is 0 Å². The number of rotatable bonds is 5. The third-order valence-corrected chi connectivity index (χ3v) is 5.66. The van der Waals surface area contributed by atoms with Gasteiger partial charge in [0, 0.05) is 22.2 Å². The highest BCUT2D eigenvalue weighted by Crippen LogP contribution is 2.44. The number of amides is 1. The molecule has 152 valence electrons. The highest BCUT2D eigenvalue weighted by molar-refractivity contribution is 6.30. The van der Waals surface area contributed by atoms with Gasteiger partial charge in [0.1, 0.15) is 5.75 Å². The number of carbonyl (C=O) groups excluding carboxylic acids is 1. The van der Waals surface area contributed by atoms with E-state index in [9.17, 15) is 9.90 Å². The van der Waals surface area contributed by atoms with Crippen LogP contribution < -0.4 is 4.74 Å². The molecule has 0 spiro atoms. The minimum Gasteiger partial charge on any atom is -0.503 e. The second-order valence-electron chi connectivity index (χ2n) is 7.00. The second-order valence-corrected chi connectivity index (χ2v) is 7.88. The first-order chi connectivity index (χ1) is 14.5. The summed E-state index contributed by atoms with van der Waals surface area (Å²) in [5, 5.41) is 12.0. The van der Waals surface area contributed by atoms with Gasteiger partial charge < -0.3 is 14.7 Å². The molecule has 4 rings (SSSR count). The summed E-state index contributed by atoms with van der Waals surface area (Å²) in [4.78, 5) is 14.7. The summed E-state index contributed by atoms with van der Waals surface area (Å²) in [6, 6.07) is 21.4. The largest absolute Gasteiger partial charge is 0.503 e. The van der Waals surface area contributed by atoms with E-state index in [0.29, 0.717) is 22.2 Å². The predicted molar refractivity (Wildman–Crippen MR) is 119 cm³/mol. The summed E-state index contributed by atoms with van der Waals surface area (Å²) in [5.74, 6) is 0.0603. The maximum atomic E-state index is 13.1. The first-order valence-electron chi connectivity index (χ1n) is 9.36. The maximum absolute atomic E-state index is 13.1. The van der Waals surface area contributed by atoms with Crippen LogP contribution >= 0.6 is 23.2 Å². The average molecular weight is 440 g/mol. The maximum Gasteiger partial charge on any atom is 0.290 e. The Balaban J connectivity index is 1.77. The van der Waals surface area contributed by atoms with Crippen LogP contribution in [-0.2, 0) is 11.3 Å². The van der Waals surface area contributed by atoms with Crippen molar-refractivity contribution in [2.45, 2.75) is 12.6 Å². The number of hydrogen-bond donors (Lipinski definition) is 1. The van der Waals surface area contributed by atoms with E-state index in [1.165, 1.54) is 0 Å². The normalized spacial score (nSPS) is 16.3. The molecule has 30 heavy (non-hydrogen) atoms. The Hall–Kier alpha value is -2.95. The first-order valence-corrected chi connectivity index (χ1v) is 10.1. The molecule has 1 heterocycles. The summed E-state index contributed by atoms with van der Waals surface area (Å²) in [7, 11) is 1.61. The van der Waals surface area contributed by atoms with Gasteiger partial charge in [-0.25, -0.2) is 0 Å². The highest BCUT2D eigenvalue weighted by atomic mass is 35.5. The molecule has 0 radical (unpaired) electrons. The minimum atomic E-state index is -0.460. The fraction of sp³-hybridized carbons (Fsp3) is 0.125. The van der Waals surface area contributed by atoms with Crippen LogP contribution in [0.2, 0.25) is 10.0 Å². The van der Waals surface area contributed by atoms with Crippen molar-refractivity contribution >= 4 is 34.7 Å². The quantitative estimate of drug-likeness (QED) is 0.525. The lowest BCUT2D eigenvalue weighted by Crippen LogP contribution is -2.29. The average Bonchev–Trinajstić information content (AvgIpc) is 3.00. The van der Waals surface area contributed by atoms with E-state index in [4.69, 9.17) is 27.9 Å². The van der Waals surface area contributed by atoms with Crippen molar-refractivity contribution in [3.63, 3.8) is 0 Å². The number of carbonyl (C=O) groups is 1. The number of nitrogens with zero attached hydrogens (tertiary/aromatic N) is 1. The smallest absolute Gasteiger partial charge is 0.290 e. The second kappa shape index (κ2) is 8.42. The van der Waals surface area contributed by atoms with Gasteiger partial charge in [0.25, 0.3) is 5.91 Å². The zero-order valence-corrected chi connectivity index (χ0v) is 17.7. The van der Waals surface area contributed by atoms with Gasteiger partial charge >= 0.3 is 0 Å². The van der Waals surface area contributed by atoms with E-state index in [1.807, 2.05) is 36.4 Å². The summed E-state index contributed by atoms with van der Waals surface area (Å²) >= 11 is 12.1. The van der Waals surface area contributed by atoms with Gasteiger partial charge in [-0.1, -0.05) is 59.6 Å².